The zero-order valence-corrected chi connectivity index (χ0v) is 25.7. The maximum absolute atomic E-state index is 13.8. The minimum atomic E-state index is -4.48. The first kappa shape index (κ1) is 31.0. The number of hydrogen-bond acceptors (Lipinski definition) is 6. The van der Waals surface area contributed by atoms with E-state index in [1.807, 2.05) is 91.3 Å². The summed E-state index contributed by atoms with van der Waals surface area (Å²) in [5.41, 5.74) is 3.36. The molecule has 3 aromatic carbocycles. The Hall–Kier alpha value is -4.96. The highest BCUT2D eigenvalue weighted by Crippen LogP contribution is 2.38. The Morgan fingerprint density at radius 1 is 0.870 bits per heavy atom. The van der Waals surface area contributed by atoms with Crippen LogP contribution in [0, 0.1) is 0 Å². The summed E-state index contributed by atoms with van der Waals surface area (Å²) in [6, 6.07) is 28.3. The molecular weight excluding hydrogens is 589 g/mol. The Balaban J connectivity index is 1.31. The van der Waals surface area contributed by atoms with Gasteiger partial charge >= 0.3 is 6.18 Å². The van der Waals surface area contributed by atoms with Gasteiger partial charge in [-0.15, -0.1) is 0 Å². The fraction of sp³-hybridized carbons (Fsp3) is 0.250. The van der Waals surface area contributed by atoms with Crippen molar-refractivity contribution in [1.82, 2.24) is 19.4 Å². The number of hydrogen-bond donors (Lipinski definition) is 1. The second kappa shape index (κ2) is 13.2. The van der Waals surface area contributed by atoms with Gasteiger partial charge in [-0.25, -0.2) is 9.97 Å². The maximum Gasteiger partial charge on any atom is 0.416 e. The molecule has 7 nitrogen and oxygen atoms in total. The Labute approximate surface area is 266 Å². The Morgan fingerprint density at radius 2 is 1.57 bits per heavy atom. The highest BCUT2D eigenvalue weighted by atomic mass is 19.4. The van der Waals surface area contributed by atoms with E-state index in [2.05, 4.69) is 20.1 Å². The van der Waals surface area contributed by atoms with Crippen LogP contribution < -0.4 is 10.2 Å². The number of piperazine rings is 1. The van der Waals surface area contributed by atoms with E-state index >= 15 is 0 Å². The molecule has 1 N–H and O–H groups in total. The molecule has 1 atom stereocenters. The van der Waals surface area contributed by atoms with Crippen molar-refractivity contribution in [3.05, 3.63) is 120 Å². The molecule has 5 aromatic rings. The Morgan fingerprint density at radius 3 is 2.26 bits per heavy atom. The minimum Gasteiger partial charge on any atom is -0.364 e. The number of nitrogens with zero attached hydrogens (tertiary/aromatic N) is 5. The van der Waals surface area contributed by atoms with Crippen molar-refractivity contribution in [3.8, 4) is 22.5 Å². The van der Waals surface area contributed by atoms with E-state index in [4.69, 9.17) is 4.98 Å². The summed E-state index contributed by atoms with van der Waals surface area (Å²) >= 11 is 0. The van der Waals surface area contributed by atoms with Crippen LogP contribution in [0.4, 0.5) is 24.9 Å². The van der Waals surface area contributed by atoms with Gasteiger partial charge in [0, 0.05) is 62.2 Å². The number of ketones is 1. The average Bonchev–Trinajstić information content (AvgIpc) is 3.42. The number of alkyl halides is 3. The standard InChI is InChI=1S/C36H35F3N6O/c1-25(26-10-5-3-6-11-26)41-32-23-29(16-17-40-32)34-33(28-14-9-15-30(22-28)36(37,38)39)42-35(43(34)2)45-20-18-44(19-21-45)24-31(46)27-12-7-4-8-13-27/h3-17,22-23,25H,18-21,24H2,1-2H3,(H,40,41)/t25-/m1/s1. The first-order chi connectivity index (χ1) is 22.2. The molecule has 236 valence electrons. The Kier molecular flexibility index (Phi) is 8.90. The molecule has 1 saturated heterocycles. The second-order valence-corrected chi connectivity index (χ2v) is 11.5. The summed E-state index contributed by atoms with van der Waals surface area (Å²) < 4.78 is 43.2. The lowest BCUT2D eigenvalue weighted by Crippen LogP contribution is -2.48. The van der Waals surface area contributed by atoms with Crippen LogP contribution in [0.15, 0.2) is 103 Å². The smallest absolute Gasteiger partial charge is 0.364 e. The third kappa shape index (κ3) is 6.82. The third-order valence-corrected chi connectivity index (χ3v) is 8.35. The summed E-state index contributed by atoms with van der Waals surface area (Å²) in [5.74, 6) is 1.37. The molecule has 1 fully saturated rings. The summed E-state index contributed by atoms with van der Waals surface area (Å²) in [5, 5.41) is 3.45. The van der Waals surface area contributed by atoms with Crippen LogP contribution in [0.3, 0.4) is 0 Å². The molecule has 3 heterocycles. The molecule has 46 heavy (non-hydrogen) atoms. The summed E-state index contributed by atoms with van der Waals surface area (Å²) in [4.78, 5) is 26.5. The molecule has 0 spiro atoms. The zero-order chi connectivity index (χ0) is 32.3. The van der Waals surface area contributed by atoms with Gasteiger partial charge in [0.2, 0.25) is 5.95 Å². The van der Waals surface area contributed by atoms with Gasteiger partial charge in [-0.3, -0.25) is 9.69 Å². The van der Waals surface area contributed by atoms with Crippen molar-refractivity contribution >= 4 is 17.5 Å². The highest BCUT2D eigenvalue weighted by molar-refractivity contribution is 5.97. The van der Waals surface area contributed by atoms with Gasteiger partial charge in [-0.2, -0.15) is 13.2 Å². The summed E-state index contributed by atoms with van der Waals surface area (Å²) in [6.07, 6.45) is -2.79. The summed E-state index contributed by atoms with van der Waals surface area (Å²) in [7, 11) is 1.89. The van der Waals surface area contributed by atoms with Crippen LogP contribution in [0.5, 0.6) is 0 Å². The van der Waals surface area contributed by atoms with Crippen LogP contribution in [0.25, 0.3) is 22.5 Å². The van der Waals surface area contributed by atoms with Gasteiger partial charge in [-0.1, -0.05) is 72.8 Å². The first-order valence-corrected chi connectivity index (χ1v) is 15.2. The van der Waals surface area contributed by atoms with Crippen LogP contribution in [0.2, 0.25) is 0 Å². The molecule has 0 aliphatic carbocycles. The van der Waals surface area contributed by atoms with Crippen LogP contribution >= 0.6 is 0 Å². The molecule has 6 rings (SSSR count). The third-order valence-electron chi connectivity index (χ3n) is 8.35. The number of carbonyl (C=O) groups excluding carboxylic acids is 1. The normalized spacial score (nSPS) is 14.7. The van der Waals surface area contributed by atoms with Crippen molar-refractivity contribution in [2.45, 2.75) is 19.1 Å². The highest BCUT2D eigenvalue weighted by Gasteiger charge is 2.32. The Bertz CT molecular complexity index is 1800. The number of nitrogens with one attached hydrogen (secondary N) is 1. The lowest BCUT2D eigenvalue weighted by molar-refractivity contribution is -0.137. The predicted molar refractivity (Wildman–Crippen MR) is 175 cm³/mol. The van der Waals surface area contributed by atoms with Gasteiger partial charge in [0.25, 0.3) is 0 Å². The molecule has 0 bridgehead atoms. The van der Waals surface area contributed by atoms with Crippen molar-refractivity contribution in [2.75, 3.05) is 42.9 Å². The maximum atomic E-state index is 13.8. The van der Waals surface area contributed by atoms with Crippen molar-refractivity contribution in [3.63, 3.8) is 0 Å². The zero-order valence-electron chi connectivity index (χ0n) is 25.7. The minimum absolute atomic E-state index is 0.0148. The molecule has 0 radical (unpaired) electrons. The van der Waals surface area contributed by atoms with E-state index < -0.39 is 11.7 Å². The number of pyridine rings is 1. The number of halogens is 3. The van der Waals surface area contributed by atoms with E-state index in [1.165, 1.54) is 6.07 Å². The number of Topliss-reactive ketones (excluding diaryl/α,β-unsaturated/α-hetero) is 1. The van der Waals surface area contributed by atoms with Gasteiger partial charge in [0.05, 0.1) is 23.5 Å². The SMILES string of the molecule is C[C@@H](Nc1cc(-c2c(-c3cccc(C(F)(F)F)c3)nc(N3CCN(CC(=O)c4ccccc4)CC3)n2C)ccn1)c1ccccc1. The predicted octanol–water partition coefficient (Wildman–Crippen LogP) is 7.35. The number of carbonyl (C=O) groups is 1. The molecule has 1 aliphatic rings. The number of anilines is 2. The fourth-order valence-corrected chi connectivity index (χ4v) is 5.87. The molecule has 0 unspecified atom stereocenters. The number of aromatic nitrogens is 3. The molecule has 0 saturated carbocycles. The van der Waals surface area contributed by atoms with Crippen molar-refractivity contribution < 1.29 is 18.0 Å². The van der Waals surface area contributed by atoms with Crippen LogP contribution in [-0.2, 0) is 13.2 Å². The van der Waals surface area contributed by atoms with Crippen molar-refractivity contribution in [2.24, 2.45) is 7.05 Å². The lowest BCUT2D eigenvalue weighted by Gasteiger charge is -2.35. The quantitative estimate of drug-likeness (QED) is 0.173. The molecule has 2 aromatic heterocycles. The second-order valence-electron chi connectivity index (χ2n) is 11.5. The molecule has 10 heteroatoms. The monoisotopic (exact) mass is 624 g/mol. The molecular formula is C36H35F3N6O. The van der Waals surface area contributed by atoms with E-state index in [0.29, 0.717) is 67.0 Å². The van der Waals surface area contributed by atoms with Crippen LogP contribution in [-0.4, -0.2) is 57.9 Å². The first-order valence-electron chi connectivity index (χ1n) is 15.2. The lowest BCUT2D eigenvalue weighted by atomic mass is 10.0. The van der Waals surface area contributed by atoms with Crippen LogP contribution in [0.1, 0.15) is 34.5 Å². The number of imidazole rings is 1. The van der Waals surface area contributed by atoms with E-state index in [-0.39, 0.29) is 11.8 Å². The number of rotatable bonds is 9. The topological polar surface area (TPSA) is 66.3 Å². The average molecular weight is 625 g/mol. The molecule has 0 amide bonds. The fourth-order valence-electron chi connectivity index (χ4n) is 5.87. The number of benzene rings is 3. The van der Waals surface area contributed by atoms with Crippen molar-refractivity contribution in [1.29, 1.82) is 0 Å². The molecule has 1 aliphatic heterocycles. The van der Waals surface area contributed by atoms with Gasteiger partial charge < -0.3 is 14.8 Å². The van der Waals surface area contributed by atoms with E-state index in [1.54, 1.807) is 12.3 Å². The van der Waals surface area contributed by atoms with E-state index in [9.17, 15) is 18.0 Å². The van der Waals surface area contributed by atoms with Gasteiger partial charge in [0.1, 0.15) is 5.82 Å². The van der Waals surface area contributed by atoms with Gasteiger partial charge in [0.15, 0.2) is 5.78 Å². The van der Waals surface area contributed by atoms with Gasteiger partial charge in [-0.05, 0) is 36.8 Å². The van der Waals surface area contributed by atoms with E-state index in [0.717, 1.165) is 23.3 Å². The summed E-state index contributed by atoms with van der Waals surface area (Å²) in [6.45, 7) is 4.92. The largest absolute Gasteiger partial charge is 0.416 e.